The van der Waals surface area contributed by atoms with Gasteiger partial charge in [-0.15, -0.1) is 11.3 Å². The molecule has 2 saturated carbocycles. The maximum absolute atomic E-state index is 15.9. The fourth-order valence-corrected chi connectivity index (χ4v) is 6.73. The van der Waals surface area contributed by atoms with Gasteiger partial charge in [0.05, 0.1) is 16.6 Å². The van der Waals surface area contributed by atoms with Crippen molar-refractivity contribution in [2.75, 3.05) is 18.5 Å². The summed E-state index contributed by atoms with van der Waals surface area (Å²) >= 11 is 1.34. The zero-order valence-electron chi connectivity index (χ0n) is 20.7. The summed E-state index contributed by atoms with van der Waals surface area (Å²) in [5.41, 5.74) is 1.59. The molecule has 4 aromatic rings. The average molecular weight is 533 g/mol. The van der Waals surface area contributed by atoms with Crippen LogP contribution in [-0.4, -0.2) is 50.1 Å². The van der Waals surface area contributed by atoms with Crippen LogP contribution < -0.4 is 20.1 Å². The Morgan fingerprint density at radius 2 is 1.82 bits per heavy atom. The first-order chi connectivity index (χ1) is 18.4. The van der Waals surface area contributed by atoms with Crippen molar-refractivity contribution in [1.82, 2.24) is 25.3 Å². The van der Waals surface area contributed by atoms with Gasteiger partial charge in [0, 0.05) is 40.0 Å². The predicted octanol–water partition coefficient (Wildman–Crippen LogP) is 4.66. The first-order valence-corrected chi connectivity index (χ1v) is 13.5. The lowest BCUT2D eigenvalue weighted by Crippen LogP contribution is -2.45. The van der Waals surface area contributed by atoms with Crippen LogP contribution in [0.15, 0.2) is 36.0 Å². The lowest BCUT2D eigenvalue weighted by molar-refractivity contribution is 0.0900. The second-order valence-electron chi connectivity index (χ2n) is 10.3. The van der Waals surface area contributed by atoms with Crippen LogP contribution in [0.5, 0.6) is 11.6 Å². The van der Waals surface area contributed by atoms with Gasteiger partial charge in [-0.1, -0.05) is 0 Å². The highest BCUT2D eigenvalue weighted by atomic mass is 32.1. The number of hydrogen-bond donors (Lipinski definition) is 2. The molecule has 2 fully saturated rings. The molecule has 7 rings (SSSR count). The minimum absolute atomic E-state index is 0.116. The van der Waals surface area contributed by atoms with Gasteiger partial charge in [-0.05, 0) is 57.2 Å². The summed E-state index contributed by atoms with van der Waals surface area (Å²) in [5, 5.41) is 9.47. The van der Waals surface area contributed by atoms with Crippen LogP contribution in [0.25, 0.3) is 22.0 Å². The summed E-state index contributed by atoms with van der Waals surface area (Å²) in [6, 6.07) is 5.25. The minimum Gasteiger partial charge on any atom is -0.484 e. The van der Waals surface area contributed by atoms with Crippen LogP contribution >= 0.6 is 11.3 Å². The molecule has 4 heterocycles. The molecule has 2 N–H and O–H groups in total. The van der Waals surface area contributed by atoms with Crippen molar-refractivity contribution in [3.05, 3.63) is 52.5 Å². The van der Waals surface area contributed by atoms with E-state index in [4.69, 9.17) is 14.5 Å². The van der Waals surface area contributed by atoms with Crippen molar-refractivity contribution in [3.63, 3.8) is 0 Å². The van der Waals surface area contributed by atoms with Crippen molar-refractivity contribution >= 4 is 34.1 Å². The van der Waals surface area contributed by atoms with E-state index < -0.39 is 5.82 Å². The molecule has 3 aromatic heterocycles. The molecule has 1 aliphatic heterocycles. The zero-order chi connectivity index (χ0) is 25.9. The third-order valence-electron chi connectivity index (χ3n) is 7.94. The summed E-state index contributed by atoms with van der Waals surface area (Å²) in [6.45, 7) is 2.59. The van der Waals surface area contributed by atoms with Gasteiger partial charge in [0.15, 0.2) is 10.8 Å². The Labute approximate surface area is 221 Å². The molecule has 2 bridgehead atoms. The predicted molar refractivity (Wildman–Crippen MR) is 140 cm³/mol. The molecule has 2 aliphatic carbocycles. The number of fused-ring (bicyclic) bond motifs is 4. The maximum Gasteiger partial charge on any atom is 0.280 e. The van der Waals surface area contributed by atoms with Crippen molar-refractivity contribution in [2.24, 2.45) is 0 Å². The van der Waals surface area contributed by atoms with E-state index >= 15 is 4.39 Å². The highest BCUT2D eigenvalue weighted by molar-refractivity contribution is 7.11. The van der Waals surface area contributed by atoms with Gasteiger partial charge in [-0.25, -0.2) is 24.3 Å². The van der Waals surface area contributed by atoms with Gasteiger partial charge in [0.25, 0.3) is 11.8 Å². The van der Waals surface area contributed by atoms with Gasteiger partial charge >= 0.3 is 0 Å². The zero-order valence-corrected chi connectivity index (χ0v) is 21.5. The summed E-state index contributed by atoms with van der Waals surface area (Å²) in [4.78, 5) is 30.4. The molecule has 1 amide bonds. The number of thiazole rings is 1. The monoisotopic (exact) mass is 532 g/mol. The van der Waals surface area contributed by atoms with E-state index in [2.05, 4.69) is 25.6 Å². The lowest BCUT2D eigenvalue weighted by atomic mass is 9.91. The molecule has 38 heavy (non-hydrogen) atoms. The minimum atomic E-state index is -0.405. The number of hydrogen-bond acceptors (Lipinski definition) is 9. The van der Waals surface area contributed by atoms with Crippen LogP contribution in [0.1, 0.15) is 47.6 Å². The highest BCUT2D eigenvalue weighted by Gasteiger charge is 2.55. The van der Waals surface area contributed by atoms with Crippen molar-refractivity contribution in [2.45, 2.75) is 50.1 Å². The number of nitrogens with zero attached hydrogens (tertiary/aromatic N) is 4. The number of nitrogens with one attached hydrogen (secondary N) is 2. The number of halogens is 1. The van der Waals surface area contributed by atoms with Crippen LogP contribution in [0.3, 0.4) is 0 Å². The number of rotatable bonds is 5. The molecule has 9 nitrogen and oxygen atoms in total. The topological polar surface area (TPSA) is 111 Å². The summed E-state index contributed by atoms with van der Waals surface area (Å²) in [5.74, 6) is 0.768. The molecule has 1 aromatic carbocycles. The number of benzene rings is 1. The Hall–Kier alpha value is -3.86. The molecule has 0 atom stereocenters. The number of pyridine rings is 1. The summed E-state index contributed by atoms with van der Waals surface area (Å²) in [6.07, 6.45) is 7.57. The average Bonchev–Trinajstić information content (AvgIpc) is 3.65. The van der Waals surface area contributed by atoms with Crippen LogP contribution in [0.4, 0.5) is 10.3 Å². The van der Waals surface area contributed by atoms with E-state index in [0.29, 0.717) is 63.5 Å². The maximum atomic E-state index is 15.9. The van der Waals surface area contributed by atoms with E-state index in [9.17, 15) is 4.79 Å². The van der Waals surface area contributed by atoms with Gasteiger partial charge in [0.1, 0.15) is 19.0 Å². The van der Waals surface area contributed by atoms with Crippen LogP contribution in [-0.2, 0) is 0 Å². The summed E-state index contributed by atoms with van der Waals surface area (Å²) in [7, 11) is 0. The fraction of sp³-hybridized carbons (Fsp3) is 0.370. The number of anilines is 1. The normalized spacial score (nSPS) is 23.5. The smallest absolute Gasteiger partial charge is 0.280 e. The highest BCUT2D eigenvalue weighted by Crippen LogP contribution is 2.52. The Morgan fingerprint density at radius 3 is 2.63 bits per heavy atom. The van der Waals surface area contributed by atoms with Gasteiger partial charge in [-0.2, -0.15) is 0 Å². The molecule has 0 saturated heterocycles. The molecule has 0 radical (unpaired) electrons. The molecular formula is C27H25FN6O3S. The van der Waals surface area contributed by atoms with E-state index in [0.717, 1.165) is 32.1 Å². The van der Waals surface area contributed by atoms with Crippen LogP contribution in [0.2, 0.25) is 0 Å². The van der Waals surface area contributed by atoms with Gasteiger partial charge in [-0.3, -0.25) is 4.79 Å². The molecule has 11 heteroatoms. The van der Waals surface area contributed by atoms with E-state index in [1.807, 2.05) is 6.07 Å². The second-order valence-corrected chi connectivity index (χ2v) is 11.2. The van der Waals surface area contributed by atoms with Crippen LogP contribution in [0, 0.1) is 12.7 Å². The largest absolute Gasteiger partial charge is 0.484 e. The summed E-state index contributed by atoms with van der Waals surface area (Å²) < 4.78 is 27.2. The SMILES string of the molecule is Cc1nc(NC23CCC(NC(=O)c4nccs4)(CC2)C3)nc2ccc(-c3ccnc4c3OCCO4)c(F)c12. The number of carbonyl (C=O) groups excluding carboxylic acids is 1. The number of carbonyl (C=O) groups is 1. The molecular weight excluding hydrogens is 507 g/mol. The van der Waals surface area contributed by atoms with E-state index in [-0.39, 0.29) is 17.0 Å². The Morgan fingerprint density at radius 1 is 1.00 bits per heavy atom. The van der Waals surface area contributed by atoms with Crippen molar-refractivity contribution in [3.8, 4) is 22.8 Å². The number of ether oxygens (including phenoxy) is 2. The third-order valence-corrected chi connectivity index (χ3v) is 8.71. The molecule has 0 spiro atoms. The standard InChI is InChI=1S/C27H25FN6O3S/c1-15-19-18(3-2-16(20(19)28)17-4-9-29-23-21(17)36-11-12-37-23)32-25(31-15)34-27-7-5-26(14-27,6-8-27)33-22(35)24-30-10-13-38-24/h2-4,9-10,13H,5-8,11-12,14H2,1H3,(H,33,35)(H,31,32,34). The molecule has 0 unspecified atom stereocenters. The Balaban J connectivity index is 1.16. The molecule has 194 valence electrons. The van der Waals surface area contributed by atoms with Crippen molar-refractivity contribution in [1.29, 1.82) is 0 Å². The Bertz CT molecular complexity index is 1570. The number of aryl methyl sites for hydroxylation is 1. The third kappa shape index (κ3) is 3.75. The number of aromatic nitrogens is 4. The van der Waals surface area contributed by atoms with Crippen molar-refractivity contribution < 1.29 is 18.7 Å². The van der Waals surface area contributed by atoms with Gasteiger partial charge < -0.3 is 20.1 Å². The quantitative estimate of drug-likeness (QED) is 0.382. The van der Waals surface area contributed by atoms with E-state index in [1.54, 1.807) is 36.8 Å². The fourth-order valence-electron chi connectivity index (χ4n) is 6.20. The number of amides is 1. The Kier molecular flexibility index (Phi) is 5.26. The first kappa shape index (κ1) is 23.3. The molecule has 3 aliphatic rings. The van der Waals surface area contributed by atoms with E-state index in [1.165, 1.54) is 11.3 Å². The second kappa shape index (κ2) is 8.59. The first-order valence-electron chi connectivity index (χ1n) is 12.7. The lowest BCUT2D eigenvalue weighted by Gasteiger charge is -2.29. The van der Waals surface area contributed by atoms with Gasteiger partial charge in [0.2, 0.25) is 5.95 Å².